The number of hydrogen-bond acceptors (Lipinski definition) is 2. The van der Waals surface area contributed by atoms with Gasteiger partial charge in [-0.2, -0.15) is 0 Å². The number of benzene rings is 1. The summed E-state index contributed by atoms with van der Waals surface area (Å²) in [5, 5.41) is 11.9. The van der Waals surface area contributed by atoms with Crippen LogP contribution in [0.1, 0.15) is 15.9 Å². The molecular weight excluding hydrogens is 178 g/mol. The Labute approximate surface area is 82.8 Å². The Hall–Kier alpha value is -1.95. The Balaban J connectivity index is 2.91. The molecule has 0 fully saturated rings. The average Bonchev–Trinajstić information content (AvgIpc) is 2.18. The van der Waals surface area contributed by atoms with Gasteiger partial charge < -0.3 is 10.4 Å². The number of hydrogen-bond donors (Lipinski definition) is 2. The minimum atomic E-state index is -0.267. The summed E-state index contributed by atoms with van der Waals surface area (Å²) in [5.41, 5.74) is 1.00. The van der Waals surface area contributed by atoms with Crippen molar-refractivity contribution in [3.8, 4) is 18.1 Å². The van der Waals surface area contributed by atoms with E-state index in [1.165, 1.54) is 6.07 Å². The molecule has 3 nitrogen and oxygen atoms in total. The van der Waals surface area contributed by atoms with Gasteiger partial charge in [0.25, 0.3) is 5.91 Å². The number of nitrogens with one attached hydrogen (secondary N) is 1. The van der Waals surface area contributed by atoms with Gasteiger partial charge in [0, 0.05) is 11.1 Å². The lowest BCUT2D eigenvalue weighted by Crippen LogP contribution is -2.24. The van der Waals surface area contributed by atoms with E-state index >= 15 is 0 Å². The zero-order valence-corrected chi connectivity index (χ0v) is 7.87. The van der Waals surface area contributed by atoms with Crippen molar-refractivity contribution in [2.45, 2.75) is 6.92 Å². The first-order valence-electron chi connectivity index (χ1n) is 4.17. The molecule has 0 atom stereocenters. The van der Waals surface area contributed by atoms with Crippen LogP contribution in [-0.4, -0.2) is 17.6 Å². The molecule has 72 valence electrons. The van der Waals surface area contributed by atoms with Crippen LogP contribution in [0.4, 0.5) is 0 Å². The van der Waals surface area contributed by atoms with Crippen molar-refractivity contribution < 1.29 is 9.90 Å². The molecular formula is C11H11NO2. The molecule has 0 aliphatic carbocycles. The standard InChI is InChI=1S/C11H11NO2/c1-3-7-12-11(14)9-5-4-6-10(13)8(9)2/h1,4-6,13H,7H2,2H3,(H,12,14). The van der Waals surface area contributed by atoms with Gasteiger partial charge >= 0.3 is 0 Å². The quantitative estimate of drug-likeness (QED) is 0.683. The maximum Gasteiger partial charge on any atom is 0.252 e. The van der Waals surface area contributed by atoms with Crippen molar-refractivity contribution in [1.82, 2.24) is 5.32 Å². The summed E-state index contributed by atoms with van der Waals surface area (Å²) < 4.78 is 0. The normalized spacial score (nSPS) is 9.14. The Bertz CT molecular complexity index is 391. The molecule has 0 aromatic heterocycles. The molecule has 0 unspecified atom stereocenters. The van der Waals surface area contributed by atoms with E-state index in [0.717, 1.165) is 0 Å². The fourth-order valence-electron chi connectivity index (χ4n) is 1.10. The molecule has 1 aromatic rings. The predicted molar refractivity (Wildman–Crippen MR) is 54.0 cm³/mol. The highest BCUT2D eigenvalue weighted by molar-refractivity contribution is 5.96. The van der Waals surface area contributed by atoms with E-state index in [-0.39, 0.29) is 18.2 Å². The molecule has 0 spiro atoms. The molecule has 0 saturated carbocycles. The van der Waals surface area contributed by atoms with Gasteiger partial charge in [0.05, 0.1) is 6.54 Å². The molecule has 1 amide bonds. The minimum Gasteiger partial charge on any atom is -0.508 e. The summed E-state index contributed by atoms with van der Waals surface area (Å²) >= 11 is 0. The van der Waals surface area contributed by atoms with Gasteiger partial charge in [0.2, 0.25) is 0 Å². The third-order valence-corrected chi connectivity index (χ3v) is 1.90. The molecule has 14 heavy (non-hydrogen) atoms. The van der Waals surface area contributed by atoms with E-state index in [1.54, 1.807) is 19.1 Å². The van der Waals surface area contributed by atoms with Crippen LogP contribution in [0.25, 0.3) is 0 Å². The molecule has 2 N–H and O–H groups in total. The van der Waals surface area contributed by atoms with E-state index in [2.05, 4.69) is 11.2 Å². The highest BCUT2D eigenvalue weighted by Gasteiger charge is 2.09. The first-order valence-corrected chi connectivity index (χ1v) is 4.17. The summed E-state index contributed by atoms with van der Waals surface area (Å²) in [4.78, 5) is 11.5. The monoisotopic (exact) mass is 189 g/mol. The summed E-state index contributed by atoms with van der Waals surface area (Å²) in [6, 6.07) is 4.79. The minimum absolute atomic E-state index is 0.110. The van der Waals surface area contributed by atoms with Gasteiger partial charge in [-0.3, -0.25) is 4.79 Å². The lowest BCUT2D eigenvalue weighted by atomic mass is 10.1. The van der Waals surface area contributed by atoms with E-state index in [9.17, 15) is 9.90 Å². The van der Waals surface area contributed by atoms with Gasteiger partial charge in [-0.25, -0.2) is 0 Å². The fourth-order valence-corrected chi connectivity index (χ4v) is 1.10. The van der Waals surface area contributed by atoms with Gasteiger partial charge in [0.15, 0.2) is 0 Å². The van der Waals surface area contributed by atoms with Crippen LogP contribution in [-0.2, 0) is 0 Å². The van der Waals surface area contributed by atoms with Gasteiger partial charge in [-0.05, 0) is 19.1 Å². The summed E-state index contributed by atoms with van der Waals surface area (Å²) in [6.07, 6.45) is 5.01. The number of phenolic OH excluding ortho intramolecular Hbond substituents is 1. The first kappa shape index (κ1) is 10.1. The van der Waals surface area contributed by atoms with E-state index in [0.29, 0.717) is 11.1 Å². The van der Waals surface area contributed by atoms with Gasteiger partial charge in [-0.1, -0.05) is 12.0 Å². The van der Waals surface area contributed by atoms with Crippen LogP contribution in [0.5, 0.6) is 5.75 Å². The second-order valence-corrected chi connectivity index (χ2v) is 2.84. The number of phenols is 1. The van der Waals surface area contributed by atoms with Crippen LogP contribution in [0.3, 0.4) is 0 Å². The number of rotatable bonds is 2. The second-order valence-electron chi connectivity index (χ2n) is 2.84. The molecule has 0 aliphatic rings. The average molecular weight is 189 g/mol. The third-order valence-electron chi connectivity index (χ3n) is 1.90. The maximum atomic E-state index is 11.5. The number of terminal acetylenes is 1. The number of carbonyl (C=O) groups is 1. The molecule has 0 saturated heterocycles. The summed E-state index contributed by atoms with van der Waals surface area (Å²) in [7, 11) is 0. The molecule has 0 radical (unpaired) electrons. The fraction of sp³-hybridized carbons (Fsp3) is 0.182. The molecule has 3 heteroatoms. The lowest BCUT2D eigenvalue weighted by Gasteiger charge is -2.06. The van der Waals surface area contributed by atoms with Crippen LogP contribution in [0.2, 0.25) is 0 Å². The van der Waals surface area contributed by atoms with Gasteiger partial charge in [0.1, 0.15) is 5.75 Å². The van der Waals surface area contributed by atoms with Crippen LogP contribution in [0, 0.1) is 19.3 Å². The highest BCUT2D eigenvalue weighted by Crippen LogP contribution is 2.18. The summed E-state index contributed by atoms with van der Waals surface area (Å²) in [5.74, 6) is 2.15. The molecule has 1 aromatic carbocycles. The Morgan fingerprint density at radius 1 is 1.64 bits per heavy atom. The number of aromatic hydroxyl groups is 1. The largest absolute Gasteiger partial charge is 0.508 e. The second kappa shape index (κ2) is 4.33. The lowest BCUT2D eigenvalue weighted by molar-refractivity contribution is 0.0957. The molecule has 0 heterocycles. The molecule has 0 bridgehead atoms. The highest BCUT2D eigenvalue weighted by atomic mass is 16.3. The van der Waals surface area contributed by atoms with Crippen molar-refractivity contribution >= 4 is 5.91 Å². The Morgan fingerprint density at radius 2 is 2.36 bits per heavy atom. The zero-order chi connectivity index (χ0) is 10.6. The Kier molecular flexibility index (Phi) is 3.14. The zero-order valence-electron chi connectivity index (χ0n) is 7.87. The van der Waals surface area contributed by atoms with Crippen molar-refractivity contribution in [3.63, 3.8) is 0 Å². The van der Waals surface area contributed by atoms with Crippen LogP contribution < -0.4 is 5.32 Å². The topological polar surface area (TPSA) is 49.3 Å². The van der Waals surface area contributed by atoms with Crippen LogP contribution in [0.15, 0.2) is 18.2 Å². The number of amides is 1. The number of carbonyl (C=O) groups excluding carboxylic acids is 1. The maximum absolute atomic E-state index is 11.5. The van der Waals surface area contributed by atoms with Crippen molar-refractivity contribution in [1.29, 1.82) is 0 Å². The third kappa shape index (κ3) is 2.05. The van der Waals surface area contributed by atoms with Crippen molar-refractivity contribution in [3.05, 3.63) is 29.3 Å². The summed E-state index contributed by atoms with van der Waals surface area (Å²) in [6.45, 7) is 1.87. The SMILES string of the molecule is C#CCNC(=O)c1cccc(O)c1C. The molecule has 0 aliphatic heterocycles. The van der Waals surface area contributed by atoms with Gasteiger partial charge in [-0.15, -0.1) is 6.42 Å². The molecule has 1 rings (SSSR count). The van der Waals surface area contributed by atoms with Crippen LogP contribution >= 0.6 is 0 Å². The van der Waals surface area contributed by atoms with E-state index < -0.39 is 0 Å². The van der Waals surface area contributed by atoms with E-state index in [4.69, 9.17) is 6.42 Å². The van der Waals surface area contributed by atoms with E-state index in [1.807, 2.05) is 0 Å². The predicted octanol–water partition coefficient (Wildman–Crippen LogP) is 1.06. The smallest absolute Gasteiger partial charge is 0.252 e. The van der Waals surface area contributed by atoms with Crippen molar-refractivity contribution in [2.24, 2.45) is 0 Å². The first-order chi connectivity index (χ1) is 6.66. The Morgan fingerprint density at radius 3 is 3.00 bits per heavy atom. The van der Waals surface area contributed by atoms with Crippen molar-refractivity contribution in [2.75, 3.05) is 6.54 Å².